The van der Waals surface area contributed by atoms with Crippen LogP contribution in [0, 0.1) is 5.92 Å². The van der Waals surface area contributed by atoms with Crippen molar-refractivity contribution in [1.29, 1.82) is 0 Å². The van der Waals surface area contributed by atoms with Gasteiger partial charge in [-0.25, -0.2) is 0 Å². The second kappa shape index (κ2) is 4.88. The average Bonchev–Trinajstić information content (AvgIpc) is 2.33. The molecule has 0 bridgehead atoms. The fourth-order valence-electron chi connectivity index (χ4n) is 1.97. The molecule has 1 atom stereocenters. The summed E-state index contributed by atoms with van der Waals surface area (Å²) in [6.45, 7) is 2.90. The van der Waals surface area contributed by atoms with E-state index in [1.165, 1.54) is 0 Å². The molecule has 0 N–H and O–H groups in total. The predicted octanol–water partition coefficient (Wildman–Crippen LogP) is 2.39. The quantitative estimate of drug-likeness (QED) is 0.769. The number of carbonyl (C=O) groups excluding carboxylic acids is 2. The molecule has 2 rings (SSSR count). The molecule has 1 heterocycles. The van der Waals surface area contributed by atoms with Crippen LogP contribution in [-0.4, -0.2) is 29.7 Å². The molecule has 0 aromatic heterocycles. The number of ketones is 1. The van der Waals surface area contributed by atoms with Gasteiger partial charge in [-0.1, -0.05) is 18.5 Å². The van der Waals surface area contributed by atoms with Crippen molar-refractivity contribution in [2.24, 2.45) is 5.92 Å². The largest absolute Gasteiger partial charge is 0.337 e. The molecule has 4 heteroatoms. The van der Waals surface area contributed by atoms with Crippen LogP contribution in [-0.2, 0) is 4.79 Å². The summed E-state index contributed by atoms with van der Waals surface area (Å²) >= 11 is 5.77. The van der Waals surface area contributed by atoms with Crippen LogP contribution >= 0.6 is 11.6 Å². The van der Waals surface area contributed by atoms with Gasteiger partial charge in [0.15, 0.2) is 0 Å². The van der Waals surface area contributed by atoms with Crippen molar-refractivity contribution in [3.63, 3.8) is 0 Å². The summed E-state index contributed by atoms with van der Waals surface area (Å²) < 4.78 is 0. The van der Waals surface area contributed by atoms with E-state index in [4.69, 9.17) is 11.6 Å². The second-order valence-electron chi connectivity index (χ2n) is 4.38. The van der Waals surface area contributed by atoms with Crippen molar-refractivity contribution in [2.75, 3.05) is 13.1 Å². The van der Waals surface area contributed by atoms with Gasteiger partial charge in [-0.05, 0) is 24.3 Å². The Morgan fingerprint density at radius 3 is 2.59 bits per heavy atom. The zero-order chi connectivity index (χ0) is 12.4. The van der Waals surface area contributed by atoms with E-state index in [0.717, 1.165) is 0 Å². The number of halogens is 1. The Labute approximate surface area is 105 Å². The van der Waals surface area contributed by atoms with Crippen LogP contribution in [0.5, 0.6) is 0 Å². The third-order valence-electron chi connectivity index (χ3n) is 3.05. The molecular weight excluding hydrogens is 238 g/mol. The number of nitrogens with zero attached hydrogens (tertiary/aromatic N) is 1. The monoisotopic (exact) mass is 251 g/mol. The van der Waals surface area contributed by atoms with Crippen molar-refractivity contribution in [3.05, 3.63) is 34.9 Å². The number of rotatable bonds is 1. The molecule has 0 aliphatic carbocycles. The zero-order valence-electron chi connectivity index (χ0n) is 9.65. The summed E-state index contributed by atoms with van der Waals surface area (Å²) in [5.74, 6) is 0.158. The summed E-state index contributed by atoms with van der Waals surface area (Å²) in [5.41, 5.74) is 0.621. The Kier molecular flexibility index (Phi) is 3.48. The van der Waals surface area contributed by atoms with Crippen LogP contribution in [0.3, 0.4) is 0 Å². The predicted molar refractivity (Wildman–Crippen MR) is 66.1 cm³/mol. The first-order valence-electron chi connectivity index (χ1n) is 5.65. The Balaban J connectivity index is 2.10. The highest BCUT2D eigenvalue weighted by atomic mass is 35.5. The second-order valence-corrected chi connectivity index (χ2v) is 4.81. The van der Waals surface area contributed by atoms with Gasteiger partial charge in [0.25, 0.3) is 5.91 Å². The summed E-state index contributed by atoms with van der Waals surface area (Å²) in [5, 5.41) is 0.615. The highest BCUT2D eigenvalue weighted by Crippen LogP contribution is 2.16. The number of likely N-dealkylation sites (tertiary alicyclic amines) is 1. The smallest absolute Gasteiger partial charge is 0.253 e. The minimum atomic E-state index is -0.0556. The lowest BCUT2D eigenvalue weighted by molar-refractivity contribution is -0.124. The van der Waals surface area contributed by atoms with Crippen LogP contribution in [0.15, 0.2) is 24.3 Å². The van der Waals surface area contributed by atoms with E-state index < -0.39 is 0 Å². The summed E-state index contributed by atoms with van der Waals surface area (Å²) in [6.07, 6.45) is 0.459. The van der Waals surface area contributed by atoms with Crippen molar-refractivity contribution in [1.82, 2.24) is 4.90 Å². The zero-order valence-corrected chi connectivity index (χ0v) is 10.4. The number of Topliss-reactive ketones (excluding diaryl/α,β-unsaturated/α-hetero) is 1. The van der Waals surface area contributed by atoms with E-state index >= 15 is 0 Å². The topological polar surface area (TPSA) is 37.4 Å². The van der Waals surface area contributed by atoms with Crippen molar-refractivity contribution in [3.8, 4) is 0 Å². The molecule has 0 saturated carbocycles. The van der Waals surface area contributed by atoms with Gasteiger partial charge in [0, 0.05) is 36.0 Å². The molecule has 1 amide bonds. The Bertz CT molecular complexity index is 441. The van der Waals surface area contributed by atoms with Crippen molar-refractivity contribution in [2.45, 2.75) is 13.3 Å². The van der Waals surface area contributed by atoms with Gasteiger partial charge in [0.05, 0.1) is 0 Å². The molecule has 90 valence electrons. The minimum Gasteiger partial charge on any atom is -0.337 e. The first kappa shape index (κ1) is 12.1. The number of amides is 1. The van der Waals surface area contributed by atoms with Crippen LogP contribution in [0.4, 0.5) is 0 Å². The molecule has 1 aliphatic heterocycles. The van der Waals surface area contributed by atoms with Gasteiger partial charge in [-0.3, -0.25) is 9.59 Å². The van der Waals surface area contributed by atoms with Gasteiger partial charge in [-0.2, -0.15) is 0 Å². The Morgan fingerprint density at radius 2 is 2.00 bits per heavy atom. The highest BCUT2D eigenvalue weighted by Gasteiger charge is 2.27. The molecule has 0 spiro atoms. The van der Waals surface area contributed by atoms with E-state index in [1.54, 1.807) is 29.2 Å². The number of benzene rings is 1. The van der Waals surface area contributed by atoms with Crippen molar-refractivity contribution < 1.29 is 9.59 Å². The molecule has 1 unspecified atom stereocenters. The maximum absolute atomic E-state index is 12.1. The van der Waals surface area contributed by atoms with E-state index in [-0.39, 0.29) is 17.6 Å². The Hall–Kier alpha value is -1.35. The van der Waals surface area contributed by atoms with Gasteiger partial charge in [-0.15, -0.1) is 0 Å². The normalized spacial score (nSPS) is 20.5. The first-order chi connectivity index (χ1) is 8.08. The van der Waals surface area contributed by atoms with E-state index in [2.05, 4.69) is 0 Å². The van der Waals surface area contributed by atoms with E-state index in [0.29, 0.717) is 30.1 Å². The van der Waals surface area contributed by atoms with Crippen LogP contribution in [0.2, 0.25) is 5.02 Å². The highest BCUT2D eigenvalue weighted by molar-refractivity contribution is 6.30. The first-order valence-corrected chi connectivity index (χ1v) is 6.03. The molecule has 17 heavy (non-hydrogen) atoms. The Morgan fingerprint density at radius 1 is 1.35 bits per heavy atom. The standard InChI is InChI=1S/C13H14ClNO2/c1-9-8-15(7-6-12(9)16)13(17)10-2-4-11(14)5-3-10/h2-5,9H,6-8H2,1H3. The van der Waals surface area contributed by atoms with Crippen LogP contribution < -0.4 is 0 Å². The number of hydrogen-bond acceptors (Lipinski definition) is 2. The van der Waals surface area contributed by atoms with Gasteiger partial charge < -0.3 is 4.90 Å². The third kappa shape index (κ3) is 2.67. The lowest BCUT2D eigenvalue weighted by Crippen LogP contribution is -2.43. The van der Waals surface area contributed by atoms with E-state index in [1.807, 2.05) is 6.92 Å². The molecule has 3 nitrogen and oxygen atoms in total. The van der Waals surface area contributed by atoms with Gasteiger partial charge in [0.1, 0.15) is 5.78 Å². The summed E-state index contributed by atoms with van der Waals surface area (Å²) in [6, 6.07) is 6.83. The fraction of sp³-hybridized carbons (Fsp3) is 0.385. The lowest BCUT2D eigenvalue weighted by Gasteiger charge is -2.30. The third-order valence-corrected chi connectivity index (χ3v) is 3.30. The number of carbonyl (C=O) groups is 2. The number of piperidine rings is 1. The summed E-state index contributed by atoms with van der Waals surface area (Å²) in [7, 11) is 0. The maximum atomic E-state index is 12.1. The van der Waals surface area contributed by atoms with Crippen molar-refractivity contribution >= 4 is 23.3 Å². The average molecular weight is 252 g/mol. The minimum absolute atomic E-state index is 0.0268. The molecule has 1 aromatic carbocycles. The number of hydrogen-bond donors (Lipinski definition) is 0. The van der Waals surface area contributed by atoms with E-state index in [9.17, 15) is 9.59 Å². The van der Waals surface area contributed by atoms with Gasteiger partial charge in [0.2, 0.25) is 0 Å². The molecule has 1 aromatic rings. The maximum Gasteiger partial charge on any atom is 0.253 e. The SMILES string of the molecule is CC1CN(C(=O)c2ccc(Cl)cc2)CCC1=O. The summed E-state index contributed by atoms with van der Waals surface area (Å²) in [4.78, 5) is 25.3. The van der Waals surface area contributed by atoms with Crippen LogP contribution in [0.25, 0.3) is 0 Å². The van der Waals surface area contributed by atoms with Gasteiger partial charge >= 0.3 is 0 Å². The molecule has 1 fully saturated rings. The molecule has 0 radical (unpaired) electrons. The lowest BCUT2D eigenvalue weighted by atomic mass is 9.98. The fourth-order valence-corrected chi connectivity index (χ4v) is 2.10. The van der Waals surface area contributed by atoms with Crippen LogP contribution in [0.1, 0.15) is 23.7 Å². The molecule has 1 saturated heterocycles. The molecular formula is C13H14ClNO2. The molecule has 1 aliphatic rings.